The third-order valence-corrected chi connectivity index (χ3v) is 4.65. The highest BCUT2D eigenvalue weighted by atomic mass is 16.1. The van der Waals surface area contributed by atoms with Crippen molar-refractivity contribution >= 4 is 11.6 Å². The van der Waals surface area contributed by atoms with Crippen molar-refractivity contribution in [2.75, 3.05) is 11.9 Å². The molecule has 3 nitrogen and oxygen atoms in total. The Hall–Kier alpha value is -1.35. The first kappa shape index (κ1) is 18.0. The summed E-state index contributed by atoms with van der Waals surface area (Å²) in [5.41, 5.74) is 2.16. The summed E-state index contributed by atoms with van der Waals surface area (Å²) < 4.78 is 0. The summed E-state index contributed by atoms with van der Waals surface area (Å²) >= 11 is 0. The van der Waals surface area contributed by atoms with Gasteiger partial charge in [0.25, 0.3) is 0 Å². The van der Waals surface area contributed by atoms with E-state index < -0.39 is 0 Å². The Morgan fingerprint density at radius 2 is 1.74 bits per heavy atom. The first-order valence-corrected chi connectivity index (χ1v) is 9.09. The fourth-order valence-corrected chi connectivity index (χ4v) is 3.33. The van der Waals surface area contributed by atoms with Gasteiger partial charge in [-0.3, -0.25) is 4.79 Å². The maximum Gasteiger partial charge on any atom is 0.225 e. The van der Waals surface area contributed by atoms with Gasteiger partial charge in [0.2, 0.25) is 5.91 Å². The van der Waals surface area contributed by atoms with Crippen molar-refractivity contribution in [2.24, 2.45) is 0 Å². The monoisotopic (exact) mass is 316 g/mol. The van der Waals surface area contributed by atoms with E-state index in [-0.39, 0.29) is 11.3 Å². The zero-order chi connectivity index (χ0) is 16.7. The van der Waals surface area contributed by atoms with Crippen molar-refractivity contribution < 1.29 is 4.79 Å². The average Bonchev–Trinajstić information content (AvgIpc) is 2.75. The molecule has 0 heterocycles. The Kier molecular flexibility index (Phi) is 6.64. The van der Waals surface area contributed by atoms with Crippen LogP contribution in [0.15, 0.2) is 24.3 Å². The van der Waals surface area contributed by atoms with Crippen molar-refractivity contribution in [1.82, 2.24) is 5.32 Å². The van der Waals surface area contributed by atoms with Crippen molar-refractivity contribution in [3.8, 4) is 0 Å². The number of benzene rings is 1. The molecule has 0 aliphatic heterocycles. The molecule has 2 rings (SSSR count). The van der Waals surface area contributed by atoms with Gasteiger partial charge in [-0.15, -0.1) is 0 Å². The predicted molar refractivity (Wildman–Crippen MR) is 97.9 cm³/mol. The smallest absolute Gasteiger partial charge is 0.225 e. The van der Waals surface area contributed by atoms with Crippen LogP contribution in [-0.4, -0.2) is 18.5 Å². The van der Waals surface area contributed by atoms with Gasteiger partial charge in [0.15, 0.2) is 0 Å². The lowest BCUT2D eigenvalue weighted by Crippen LogP contribution is -2.31. The van der Waals surface area contributed by atoms with Crippen LogP contribution in [0.2, 0.25) is 0 Å². The van der Waals surface area contributed by atoms with Crippen LogP contribution in [0.4, 0.5) is 5.69 Å². The molecule has 1 fully saturated rings. The Labute approximate surface area is 141 Å². The molecule has 0 bridgehead atoms. The molecule has 2 N–H and O–H groups in total. The van der Waals surface area contributed by atoms with E-state index >= 15 is 0 Å². The Morgan fingerprint density at radius 1 is 1.09 bits per heavy atom. The van der Waals surface area contributed by atoms with Gasteiger partial charge in [-0.2, -0.15) is 0 Å². The molecule has 23 heavy (non-hydrogen) atoms. The number of nitrogens with one attached hydrogen (secondary N) is 2. The molecular formula is C20H32N2O. The molecule has 0 radical (unpaired) electrons. The van der Waals surface area contributed by atoms with E-state index in [4.69, 9.17) is 0 Å². The highest BCUT2D eigenvalue weighted by molar-refractivity contribution is 5.91. The maximum atomic E-state index is 12.3. The predicted octanol–water partition coefficient (Wildman–Crippen LogP) is 4.63. The number of para-hydroxylation sites is 1. The summed E-state index contributed by atoms with van der Waals surface area (Å²) in [7, 11) is 0. The third kappa shape index (κ3) is 5.98. The van der Waals surface area contributed by atoms with E-state index in [1.165, 1.54) is 44.1 Å². The highest BCUT2D eigenvalue weighted by Crippen LogP contribution is 2.29. The average molecular weight is 316 g/mol. The third-order valence-electron chi connectivity index (χ3n) is 4.65. The largest absolute Gasteiger partial charge is 0.326 e. The van der Waals surface area contributed by atoms with E-state index in [1.54, 1.807) is 0 Å². The van der Waals surface area contributed by atoms with Crippen LogP contribution in [0.5, 0.6) is 0 Å². The van der Waals surface area contributed by atoms with Gasteiger partial charge in [0.05, 0.1) is 0 Å². The number of rotatable bonds is 5. The van der Waals surface area contributed by atoms with E-state index in [2.05, 4.69) is 37.5 Å². The van der Waals surface area contributed by atoms with Gasteiger partial charge >= 0.3 is 0 Å². The molecule has 128 valence electrons. The molecule has 1 aliphatic carbocycles. The van der Waals surface area contributed by atoms with Gasteiger partial charge in [-0.1, -0.05) is 64.7 Å². The molecule has 0 spiro atoms. The van der Waals surface area contributed by atoms with Crippen LogP contribution in [0.3, 0.4) is 0 Å². The van der Waals surface area contributed by atoms with Crippen molar-refractivity contribution in [3.05, 3.63) is 29.8 Å². The molecule has 1 saturated carbocycles. The van der Waals surface area contributed by atoms with E-state index in [9.17, 15) is 4.79 Å². The number of amides is 1. The molecule has 1 aromatic rings. The normalized spacial score (nSPS) is 16.8. The molecule has 0 unspecified atom stereocenters. The first-order chi connectivity index (χ1) is 11.0. The second kappa shape index (κ2) is 8.49. The minimum Gasteiger partial charge on any atom is -0.326 e. The summed E-state index contributed by atoms with van der Waals surface area (Å²) in [4.78, 5) is 12.3. The topological polar surface area (TPSA) is 41.1 Å². The van der Waals surface area contributed by atoms with E-state index in [1.807, 2.05) is 18.2 Å². The zero-order valence-electron chi connectivity index (χ0n) is 15.0. The van der Waals surface area contributed by atoms with Crippen LogP contribution < -0.4 is 10.6 Å². The van der Waals surface area contributed by atoms with Gasteiger partial charge in [0.1, 0.15) is 0 Å². The van der Waals surface area contributed by atoms with Crippen LogP contribution in [0.25, 0.3) is 0 Å². The number of carbonyl (C=O) groups excluding carboxylic acids is 1. The summed E-state index contributed by atoms with van der Waals surface area (Å²) in [6.45, 7) is 7.29. The van der Waals surface area contributed by atoms with E-state index in [0.29, 0.717) is 12.5 Å². The minimum absolute atomic E-state index is 0.0302. The van der Waals surface area contributed by atoms with E-state index in [0.717, 1.165) is 12.2 Å². The molecule has 1 aliphatic rings. The maximum absolute atomic E-state index is 12.3. The number of carbonyl (C=O) groups is 1. The van der Waals surface area contributed by atoms with Crippen molar-refractivity contribution in [1.29, 1.82) is 0 Å². The SMILES string of the molecule is CC(C)(C)c1ccccc1NC(=O)CCNC1CCCCCC1. The first-order valence-electron chi connectivity index (χ1n) is 9.09. The van der Waals surface area contributed by atoms with Gasteiger partial charge < -0.3 is 10.6 Å². The molecule has 0 aromatic heterocycles. The van der Waals surface area contributed by atoms with Crippen LogP contribution in [-0.2, 0) is 10.2 Å². The van der Waals surface area contributed by atoms with Crippen molar-refractivity contribution in [2.45, 2.75) is 77.2 Å². The van der Waals surface area contributed by atoms with Crippen LogP contribution >= 0.6 is 0 Å². The molecule has 3 heteroatoms. The highest BCUT2D eigenvalue weighted by Gasteiger charge is 2.18. The van der Waals surface area contributed by atoms with Crippen LogP contribution in [0.1, 0.15) is 71.3 Å². The molecule has 1 amide bonds. The van der Waals surface area contributed by atoms with Crippen molar-refractivity contribution in [3.63, 3.8) is 0 Å². The second-order valence-electron chi connectivity index (χ2n) is 7.74. The summed E-state index contributed by atoms with van der Waals surface area (Å²) in [6.07, 6.45) is 8.42. The lowest BCUT2D eigenvalue weighted by atomic mass is 9.86. The molecule has 1 aromatic carbocycles. The molecular weight excluding hydrogens is 284 g/mol. The Bertz CT molecular complexity index is 497. The quantitative estimate of drug-likeness (QED) is 0.778. The fraction of sp³-hybridized carbons (Fsp3) is 0.650. The second-order valence-corrected chi connectivity index (χ2v) is 7.74. The fourth-order valence-electron chi connectivity index (χ4n) is 3.33. The summed E-state index contributed by atoms with van der Waals surface area (Å²) in [5.74, 6) is 0.0998. The minimum atomic E-state index is 0.0302. The number of hydrogen-bond donors (Lipinski definition) is 2. The lowest BCUT2D eigenvalue weighted by Gasteiger charge is -2.23. The standard InChI is InChI=1S/C20H32N2O/c1-20(2,3)17-12-8-9-13-18(17)22-19(23)14-15-21-16-10-6-4-5-7-11-16/h8-9,12-13,16,21H,4-7,10-11,14-15H2,1-3H3,(H,22,23). The molecule has 0 atom stereocenters. The number of hydrogen-bond acceptors (Lipinski definition) is 2. The van der Waals surface area contributed by atoms with Gasteiger partial charge in [0, 0.05) is 24.7 Å². The Morgan fingerprint density at radius 3 is 2.39 bits per heavy atom. The summed E-state index contributed by atoms with van der Waals surface area (Å²) in [6, 6.07) is 8.71. The summed E-state index contributed by atoms with van der Waals surface area (Å²) in [5, 5.41) is 6.65. The Balaban J connectivity index is 1.81. The lowest BCUT2D eigenvalue weighted by molar-refractivity contribution is -0.116. The number of anilines is 1. The zero-order valence-corrected chi connectivity index (χ0v) is 15.0. The molecule has 0 saturated heterocycles. The van der Waals surface area contributed by atoms with Crippen LogP contribution in [0, 0.1) is 0 Å². The van der Waals surface area contributed by atoms with Gasteiger partial charge in [-0.05, 0) is 29.9 Å². The van der Waals surface area contributed by atoms with Gasteiger partial charge in [-0.25, -0.2) is 0 Å².